The standard InChI is InChI=1S/C40H50N10O13P2Si2/c1-38(2,3)67(6)17-39(4,5)66-62-28-23-15-57-64(53,56-14-10-13-41)30-25-36(49-20-46-26-31(42-18-43-32(26)49)48-34(51)22-11-8-7-9-12-22)60-24(40(25,30)63-67)16-58-65(54,55)61-29(28)37(59-23)50-21-47-27-33(50)44-19-45-35(27)52/h7-9,11-12,18-21,23-25,28-30,36-37H,10,14-17,66H2,1-6H3,(H,54,55)(H,44,45,52)(H,42,43,48,51)/t23?,24?,25-,28+,29+,30?,36?,37?,40?,64?,67?/m0/s1. The van der Waals surface area contributed by atoms with Gasteiger partial charge in [0.05, 0.1) is 57.2 Å². The largest absolute Gasteiger partial charge is 0.472 e. The van der Waals surface area contributed by atoms with Crippen LogP contribution in [0, 0.1) is 17.2 Å². The van der Waals surface area contributed by atoms with Crippen molar-refractivity contribution < 1.29 is 55.2 Å². The number of phosphoric acid groups is 1. The summed E-state index contributed by atoms with van der Waals surface area (Å²) < 4.78 is 86.5. The van der Waals surface area contributed by atoms with Crippen molar-refractivity contribution >= 4 is 67.6 Å². The Bertz CT molecular complexity index is 2950. The van der Waals surface area contributed by atoms with Crippen molar-refractivity contribution in [1.82, 2.24) is 39.0 Å². The van der Waals surface area contributed by atoms with E-state index in [2.05, 4.69) is 76.4 Å². The number of imidazole rings is 2. The Balaban J connectivity index is 1.13. The fraction of sp³-hybridized carbons (Fsp3) is 0.550. The number of H-pyrrole nitrogens is 1. The maximum absolute atomic E-state index is 16.1. The van der Waals surface area contributed by atoms with Crippen molar-refractivity contribution in [3.8, 4) is 6.07 Å². The summed E-state index contributed by atoms with van der Waals surface area (Å²) in [5.41, 5.74) is -2.23. The lowest BCUT2D eigenvalue weighted by Gasteiger charge is -2.47. The van der Waals surface area contributed by atoms with Gasteiger partial charge in [-0.25, -0.2) is 29.5 Å². The van der Waals surface area contributed by atoms with Gasteiger partial charge in [-0.3, -0.25) is 32.3 Å². The van der Waals surface area contributed by atoms with Crippen LogP contribution in [0.1, 0.15) is 63.9 Å². The van der Waals surface area contributed by atoms with E-state index in [1.54, 1.807) is 34.9 Å². The molecule has 12 atom stereocenters. The van der Waals surface area contributed by atoms with Crippen molar-refractivity contribution in [2.75, 3.05) is 25.1 Å². The van der Waals surface area contributed by atoms with Gasteiger partial charge >= 0.3 is 15.4 Å². The molecule has 1 amide bonds. The van der Waals surface area contributed by atoms with Crippen molar-refractivity contribution in [2.24, 2.45) is 5.92 Å². The number of nitrogens with zero attached hydrogens (tertiary/aromatic N) is 8. The number of aromatic amines is 1. The van der Waals surface area contributed by atoms with Gasteiger partial charge in [0.15, 0.2) is 52.5 Å². The first-order valence-corrected chi connectivity index (χ1v) is 28.8. The third kappa shape index (κ3) is 7.98. The van der Waals surface area contributed by atoms with Crippen molar-refractivity contribution in [1.29, 1.82) is 5.26 Å². The summed E-state index contributed by atoms with van der Waals surface area (Å²) in [4.78, 5) is 62.4. The Morgan fingerprint density at radius 3 is 2.51 bits per heavy atom. The van der Waals surface area contributed by atoms with Crippen LogP contribution in [0.4, 0.5) is 5.82 Å². The van der Waals surface area contributed by atoms with Crippen LogP contribution in [-0.2, 0) is 45.6 Å². The Hall–Kier alpha value is -4.39. The SMILES string of the molecule is CC1(C)C[Si](C)(C(C)(C)C)OC23C4COP(=O)(O)O[C@H]5C(n6cnc7c(=O)[nH]cnc76)OC(COP(=O)(OCCC#N)C2[C@H]3C(n2cnc3c(NC(=O)c6ccccc6)ncnc32)O4)[C@H]5O[SiH2]1. The summed E-state index contributed by atoms with van der Waals surface area (Å²) in [5.74, 6) is -1.16. The lowest BCUT2D eigenvalue weighted by molar-refractivity contribution is -0.0837. The van der Waals surface area contributed by atoms with Gasteiger partial charge in [-0.1, -0.05) is 52.8 Å². The number of fused-ring (bicyclic) bond motifs is 4. The van der Waals surface area contributed by atoms with Gasteiger partial charge in [-0.2, -0.15) is 5.26 Å². The molecular formula is C40H50N10O13P2Si2. The third-order valence-electron chi connectivity index (χ3n) is 13.5. The first kappa shape index (κ1) is 46.3. The summed E-state index contributed by atoms with van der Waals surface area (Å²) in [5, 5.41) is 11.5. The molecule has 1 aliphatic carbocycles. The zero-order chi connectivity index (χ0) is 47.3. The monoisotopic (exact) mass is 996 g/mol. The van der Waals surface area contributed by atoms with Crippen LogP contribution in [-0.4, -0.2) is 123 Å². The smallest absolute Gasteiger partial charge is 0.415 e. The molecule has 10 rings (SSSR count). The minimum Gasteiger partial charge on any atom is -0.415 e. The number of rotatable bonds is 7. The normalized spacial score (nSPS) is 36.4. The molecule has 67 heavy (non-hydrogen) atoms. The van der Waals surface area contributed by atoms with Gasteiger partial charge < -0.3 is 42.6 Å². The van der Waals surface area contributed by atoms with Gasteiger partial charge in [-0.15, -0.1) is 0 Å². The lowest BCUT2D eigenvalue weighted by Crippen LogP contribution is -2.54. The molecule has 23 nitrogen and oxygen atoms in total. The maximum atomic E-state index is 16.1. The molecule has 1 aromatic carbocycles. The second-order valence-corrected chi connectivity index (χ2v) is 30.1. The van der Waals surface area contributed by atoms with Crippen LogP contribution < -0.4 is 10.9 Å². The molecule has 0 radical (unpaired) electrons. The first-order chi connectivity index (χ1) is 31.8. The first-order valence-electron chi connectivity index (χ1n) is 21.8. The summed E-state index contributed by atoms with van der Waals surface area (Å²) in [6.45, 7) is 11.3. The number of nitriles is 1. The Morgan fingerprint density at radius 1 is 1.03 bits per heavy atom. The third-order valence-corrected chi connectivity index (χ3v) is 24.6. The number of nitrogens with one attached hydrogen (secondary N) is 2. The maximum Gasteiger partial charge on any atom is 0.472 e. The number of aromatic nitrogens is 8. The fourth-order valence-electron chi connectivity index (χ4n) is 9.98. The molecule has 3 N–H and O–H groups in total. The number of phosphoric ester groups is 1. The highest BCUT2D eigenvalue weighted by Gasteiger charge is 2.86. The number of hydrogen-bond donors (Lipinski definition) is 3. The molecule has 4 saturated heterocycles. The average molecular weight is 997 g/mol. The fourth-order valence-corrected chi connectivity index (χ4v) is 20.5. The van der Waals surface area contributed by atoms with E-state index in [1.807, 2.05) is 6.07 Å². The van der Waals surface area contributed by atoms with Gasteiger partial charge in [0, 0.05) is 5.56 Å². The van der Waals surface area contributed by atoms with E-state index < -0.39 is 122 Å². The highest BCUT2D eigenvalue weighted by molar-refractivity contribution is 7.55. The van der Waals surface area contributed by atoms with E-state index in [-0.39, 0.29) is 41.2 Å². The van der Waals surface area contributed by atoms with Gasteiger partial charge in [-0.05, 0) is 34.8 Å². The van der Waals surface area contributed by atoms with Crippen LogP contribution in [0.25, 0.3) is 22.3 Å². The topological polar surface area (TPSA) is 288 Å². The zero-order valence-electron chi connectivity index (χ0n) is 37.4. The molecule has 4 aromatic heterocycles. The molecule has 4 aliphatic heterocycles. The molecule has 8 heterocycles. The molecular weight excluding hydrogens is 947 g/mol. The summed E-state index contributed by atoms with van der Waals surface area (Å²) >= 11 is 0. The minimum absolute atomic E-state index is 0.0163. The summed E-state index contributed by atoms with van der Waals surface area (Å²) in [7, 11) is -14.4. The number of amides is 1. The van der Waals surface area contributed by atoms with Crippen molar-refractivity contribution in [2.45, 2.75) is 112 Å². The molecule has 5 fully saturated rings. The zero-order valence-corrected chi connectivity index (χ0v) is 41.6. The minimum atomic E-state index is -5.10. The second-order valence-electron chi connectivity index (χ2n) is 19.4. The molecule has 9 unspecified atom stereocenters. The number of anilines is 1. The lowest BCUT2D eigenvalue weighted by atomic mass is 10.1. The van der Waals surface area contributed by atoms with Crippen LogP contribution in [0.2, 0.25) is 22.7 Å². The molecule has 356 valence electrons. The predicted molar refractivity (Wildman–Crippen MR) is 241 cm³/mol. The van der Waals surface area contributed by atoms with Crippen molar-refractivity contribution in [3.05, 3.63) is 71.6 Å². The molecule has 4 bridgehead atoms. The summed E-state index contributed by atoms with van der Waals surface area (Å²) in [6.07, 6.45) is -2.08. The Kier molecular flexibility index (Phi) is 11.5. The highest BCUT2D eigenvalue weighted by atomic mass is 31.2. The van der Waals surface area contributed by atoms with Gasteiger partial charge in [0.1, 0.15) is 48.2 Å². The molecule has 5 aromatic rings. The van der Waals surface area contributed by atoms with Crippen LogP contribution in [0.3, 0.4) is 0 Å². The van der Waals surface area contributed by atoms with Crippen LogP contribution in [0.15, 0.2) is 60.4 Å². The van der Waals surface area contributed by atoms with E-state index in [9.17, 15) is 24.3 Å². The Morgan fingerprint density at radius 2 is 1.76 bits per heavy atom. The number of carbonyl (C=O) groups is 1. The average Bonchev–Trinajstić information content (AvgIpc) is 3.72. The van der Waals surface area contributed by atoms with E-state index in [4.69, 9.17) is 36.4 Å². The second kappa shape index (κ2) is 16.6. The van der Waals surface area contributed by atoms with E-state index in [0.717, 1.165) is 0 Å². The number of carbonyl (C=O) groups excluding carboxylic acids is 1. The number of benzene rings is 1. The van der Waals surface area contributed by atoms with Crippen molar-refractivity contribution in [3.63, 3.8) is 0 Å². The van der Waals surface area contributed by atoms with E-state index >= 15 is 4.57 Å². The molecule has 1 saturated carbocycles. The van der Waals surface area contributed by atoms with E-state index in [1.165, 1.54) is 29.9 Å². The molecule has 27 heteroatoms. The quantitative estimate of drug-likeness (QED) is 0.115. The summed E-state index contributed by atoms with van der Waals surface area (Å²) in [6, 6.07) is 11.2. The predicted octanol–water partition coefficient (Wildman–Crippen LogP) is 4.47. The number of hydrogen-bond acceptors (Lipinski definition) is 18. The number of ether oxygens (including phenoxy) is 2. The van der Waals surface area contributed by atoms with Crippen LogP contribution >= 0.6 is 15.4 Å². The van der Waals surface area contributed by atoms with E-state index in [0.29, 0.717) is 11.6 Å². The molecule has 1 spiro atoms. The van der Waals surface area contributed by atoms with Crippen LogP contribution in [0.5, 0.6) is 0 Å². The molecule has 5 aliphatic rings. The van der Waals surface area contributed by atoms with Gasteiger partial charge in [0.2, 0.25) is 0 Å². The van der Waals surface area contributed by atoms with Gasteiger partial charge in [0.25, 0.3) is 11.5 Å². The Labute approximate surface area is 386 Å². The highest BCUT2D eigenvalue weighted by Crippen LogP contribution is 2.79.